The van der Waals surface area contributed by atoms with Gasteiger partial charge in [-0.25, -0.2) is 4.98 Å². The standard InChI is InChI=1S/C25H35N5O5S/c1-4-29-15-27-21-18(22(29)32)16(2)19(36-21)23(33)30-11-8-25(9-12-30)7-5-6-13-35-14-10-26-20(31)17(3)28-24(25)34/h15,17H,4-14H2,1-3H3,(H,26,31)(H,28,34)/t17-/m0/s1. The minimum atomic E-state index is -0.643. The van der Waals surface area contributed by atoms with Crippen LogP contribution in [0.4, 0.5) is 0 Å². The van der Waals surface area contributed by atoms with Gasteiger partial charge in [0.25, 0.3) is 11.5 Å². The lowest BCUT2D eigenvalue weighted by Gasteiger charge is -2.41. The molecule has 11 heteroatoms. The summed E-state index contributed by atoms with van der Waals surface area (Å²) in [6.07, 6.45) is 4.92. The molecule has 0 aromatic carbocycles. The summed E-state index contributed by atoms with van der Waals surface area (Å²) in [5, 5.41) is 6.21. The van der Waals surface area contributed by atoms with Gasteiger partial charge in [-0.2, -0.15) is 0 Å². The number of amides is 3. The summed E-state index contributed by atoms with van der Waals surface area (Å²) in [4.78, 5) is 59.3. The van der Waals surface area contributed by atoms with Gasteiger partial charge in [0.05, 0.1) is 28.6 Å². The van der Waals surface area contributed by atoms with E-state index in [1.165, 1.54) is 22.2 Å². The van der Waals surface area contributed by atoms with Gasteiger partial charge in [0.2, 0.25) is 11.8 Å². The van der Waals surface area contributed by atoms with Gasteiger partial charge >= 0.3 is 0 Å². The number of hydrogen-bond donors (Lipinski definition) is 2. The topological polar surface area (TPSA) is 123 Å². The number of fused-ring (bicyclic) bond motifs is 1. The third kappa shape index (κ3) is 5.17. The van der Waals surface area contributed by atoms with Crippen molar-refractivity contribution in [2.24, 2.45) is 5.41 Å². The zero-order valence-corrected chi connectivity index (χ0v) is 22.0. The molecule has 2 N–H and O–H groups in total. The van der Waals surface area contributed by atoms with Crippen LogP contribution in [0.5, 0.6) is 0 Å². The van der Waals surface area contributed by atoms with Crippen molar-refractivity contribution in [2.75, 3.05) is 32.8 Å². The Morgan fingerprint density at radius 3 is 2.67 bits per heavy atom. The van der Waals surface area contributed by atoms with Crippen LogP contribution in [0.3, 0.4) is 0 Å². The highest BCUT2D eigenvalue weighted by Crippen LogP contribution is 2.38. The number of nitrogens with one attached hydrogen (secondary N) is 2. The lowest BCUT2D eigenvalue weighted by atomic mass is 9.73. The van der Waals surface area contributed by atoms with Crippen LogP contribution in [0, 0.1) is 12.3 Å². The Labute approximate surface area is 214 Å². The molecular formula is C25H35N5O5S. The van der Waals surface area contributed by atoms with Crippen molar-refractivity contribution < 1.29 is 19.1 Å². The van der Waals surface area contributed by atoms with E-state index in [1.54, 1.807) is 18.7 Å². The van der Waals surface area contributed by atoms with E-state index in [1.807, 2.05) is 6.92 Å². The van der Waals surface area contributed by atoms with Crippen molar-refractivity contribution in [2.45, 2.75) is 65.5 Å². The molecule has 2 aromatic heterocycles. The number of hydrogen-bond acceptors (Lipinski definition) is 7. The van der Waals surface area contributed by atoms with Gasteiger partial charge in [0.1, 0.15) is 10.9 Å². The Bertz CT molecular complexity index is 1200. The first-order valence-corrected chi connectivity index (χ1v) is 13.5. The maximum atomic E-state index is 13.5. The summed E-state index contributed by atoms with van der Waals surface area (Å²) >= 11 is 1.25. The van der Waals surface area contributed by atoms with Crippen molar-refractivity contribution >= 4 is 39.3 Å². The molecular weight excluding hydrogens is 482 g/mol. The minimum absolute atomic E-state index is 0.125. The molecule has 196 valence electrons. The van der Waals surface area contributed by atoms with Gasteiger partial charge in [-0.1, -0.05) is 6.42 Å². The molecule has 10 nitrogen and oxygen atoms in total. The molecule has 36 heavy (non-hydrogen) atoms. The van der Waals surface area contributed by atoms with E-state index in [-0.39, 0.29) is 23.3 Å². The van der Waals surface area contributed by atoms with Crippen LogP contribution in [0.1, 0.15) is 61.2 Å². The van der Waals surface area contributed by atoms with E-state index in [0.29, 0.717) is 79.3 Å². The molecule has 4 rings (SSSR count). The summed E-state index contributed by atoms with van der Waals surface area (Å²) in [5.74, 6) is -0.483. The third-order valence-corrected chi connectivity index (χ3v) is 8.61. The fourth-order valence-electron chi connectivity index (χ4n) is 5.04. The maximum absolute atomic E-state index is 13.5. The zero-order valence-electron chi connectivity index (χ0n) is 21.2. The SMILES string of the molecule is CCn1cnc2sc(C(=O)N3CCC4(CCCCOCCNC(=O)[C@H](C)NC4=O)CC3)c(C)c2c1=O. The Hall–Kier alpha value is -2.79. The van der Waals surface area contributed by atoms with Crippen molar-refractivity contribution in [1.29, 1.82) is 0 Å². The first kappa shape index (κ1) is 26.3. The molecule has 0 radical (unpaired) electrons. The van der Waals surface area contributed by atoms with Crippen LogP contribution < -0.4 is 16.2 Å². The summed E-state index contributed by atoms with van der Waals surface area (Å²) < 4.78 is 7.13. The monoisotopic (exact) mass is 517 g/mol. The number of carbonyl (C=O) groups excluding carboxylic acids is 3. The number of carbonyl (C=O) groups is 3. The smallest absolute Gasteiger partial charge is 0.264 e. The second-order valence-electron chi connectivity index (χ2n) is 9.70. The molecule has 2 aromatic rings. The van der Waals surface area contributed by atoms with E-state index in [2.05, 4.69) is 15.6 Å². The molecule has 1 spiro atoms. The van der Waals surface area contributed by atoms with Crippen LogP contribution in [0.2, 0.25) is 0 Å². The summed E-state index contributed by atoms with van der Waals surface area (Å²) in [6, 6.07) is -0.643. The van der Waals surface area contributed by atoms with Crippen LogP contribution in [0.15, 0.2) is 11.1 Å². The molecule has 0 unspecified atom stereocenters. The molecule has 2 fully saturated rings. The lowest BCUT2D eigenvalue weighted by molar-refractivity contribution is -0.137. The molecule has 1 atom stereocenters. The average molecular weight is 518 g/mol. The number of aryl methyl sites for hydroxylation is 2. The second-order valence-corrected chi connectivity index (χ2v) is 10.7. The van der Waals surface area contributed by atoms with Crippen LogP contribution in [-0.4, -0.2) is 71.1 Å². The van der Waals surface area contributed by atoms with Crippen LogP contribution in [-0.2, 0) is 20.9 Å². The van der Waals surface area contributed by atoms with Gasteiger partial charge in [0, 0.05) is 32.8 Å². The number of likely N-dealkylation sites (tertiary alicyclic amines) is 1. The van der Waals surface area contributed by atoms with E-state index in [4.69, 9.17) is 4.74 Å². The number of piperidine rings is 1. The summed E-state index contributed by atoms with van der Waals surface area (Å²) in [5.41, 5.74) is -0.0960. The largest absolute Gasteiger partial charge is 0.380 e. The molecule has 2 saturated heterocycles. The Balaban J connectivity index is 1.51. The molecule has 4 heterocycles. The summed E-state index contributed by atoms with van der Waals surface area (Å²) in [6.45, 7) is 8.21. The Kier molecular flexibility index (Phi) is 8.09. The van der Waals surface area contributed by atoms with E-state index in [0.717, 1.165) is 12.8 Å². The van der Waals surface area contributed by atoms with Crippen LogP contribution in [0.25, 0.3) is 10.2 Å². The van der Waals surface area contributed by atoms with Gasteiger partial charge in [0.15, 0.2) is 0 Å². The third-order valence-electron chi connectivity index (χ3n) is 7.42. The van der Waals surface area contributed by atoms with Gasteiger partial charge < -0.3 is 20.3 Å². The predicted molar refractivity (Wildman–Crippen MR) is 137 cm³/mol. The molecule has 2 aliphatic heterocycles. The van der Waals surface area contributed by atoms with Crippen molar-refractivity contribution in [1.82, 2.24) is 25.1 Å². The number of thiophene rings is 1. The van der Waals surface area contributed by atoms with Gasteiger partial charge in [-0.3, -0.25) is 23.7 Å². The quantitative estimate of drug-likeness (QED) is 0.627. The minimum Gasteiger partial charge on any atom is -0.380 e. The van der Waals surface area contributed by atoms with Gasteiger partial charge in [-0.05, 0) is 52.0 Å². The Morgan fingerprint density at radius 2 is 1.94 bits per heavy atom. The molecule has 0 aliphatic carbocycles. The van der Waals surface area contributed by atoms with E-state index in [9.17, 15) is 19.2 Å². The molecule has 0 saturated carbocycles. The molecule has 3 amide bonds. The lowest BCUT2D eigenvalue weighted by Crippen LogP contribution is -2.54. The van der Waals surface area contributed by atoms with Crippen molar-refractivity contribution in [3.8, 4) is 0 Å². The van der Waals surface area contributed by atoms with E-state index >= 15 is 0 Å². The fourth-order valence-corrected chi connectivity index (χ4v) is 6.15. The average Bonchev–Trinajstić information content (AvgIpc) is 3.22. The van der Waals surface area contributed by atoms with Gasteiger partial charge in [-0.15, -0.1) is 11.3 Å². The van der Waals surface area contributed by atoms with Crippen molar-refractivity contribution in [3.63, 3.8) is 0 Å². The normalized spacial score (nSPS) is 21.9. The van der Waals surface area contributed by atoms with E-state index < -0.39 is 11.5 Å². The zero-order chi connectivity index (χ0) is 25.9. The highest BCUT2D eigenvalue weighted by atomic mass is 32.1. The number of aromatic nitrogens is 2. The number of nitrogens with zero attached hydrogens (tertiary/aromatic N) is 3. The highest BCUT2D eigenvalue weighted by molar-refractivity contribution is 7.20. The highest BCUT2D eigenvalue weighted by Gasteiger charge is 2.43. The number of ether oxygens (including phenoxy) is 1. The molecule has 0 bridgehead atoms. The molecule has 2 aliphatic rings. The van der Waals surface area contributed by atoms with Crippen molar-refractivity contribution in [3.05, 3.63) is 27.1 Å². The maximum Gasteiger partial charge on any atom is 0.264 e. The second kappa shape index (κ2) is 11.1. The van der Waals surface area contributed by atoms with Crippen LogP contribution >= 0.6 is 11.3 Å². The first-order chi connectivity index (χ1) is 17.3. The number of rotatable bonds is 2. The predicted octanol–water partition coefficient (Wildman–Crippen LogP) is 1.83. The fraction of sp³-hybridized carbons (Fsp3) is 0.640. The Morgan fingerprint density at radius 1 is 1.19 bits per heavy atom. The first-order valence-electron chi connectivity index (χ1n) is 12.7. The summed E-state index contributed by atoms with van der Waals surface area (Å²) in [7, 11) is 0.